The van der Waals surface area contributed by atoms with Crippen molar-refractivity contribution >= 4 is 23.7 Å². The fourth-order valence-electron chi connectivity index (χ4n) is 1.18. The average molecular weight is 212 g/mol. The Morgan fingerprint density at radius 2 is 2.21 bits per heavy atom. The highest BCUT2D eigenvalue weighted by molar-refractivity contribution is 6.32. The summed E-state index contributed by atoms with van der Waals surface area (Å²) in [7, 11) is 0. The zero-order valence-corrected chi connectivity index (χ0v) is 8.51. The van der Waals surface area contributed by atoms with E-state index in [1.54, 1.807) is 6.92 Å². The van der Waals surface area contributed by atoms with Gasteiger partial charge in [-0.15, -0.1) is 0 Å². The van der Waals surface area contributed by atoms with Gasteiger partial charge in [-0.3, -0.25) is 4.79 Å². The van der Waals surface area contributed by atoms with Crippen LogP contribution >= 0.6 is 11.6 Å². The first-order valence-electron chi connectivity index (χ1n) is 4.46. The van der Waals surface area contributed by atoms with Crippen molar-refractivity contribution in [3.63, 3.8) is 0 Å². The van der Waals surface area contributed by atoms with E-state index in [1.807, 2.05) is 0 Å². The minimum absolute atomic E-state index is 0.218. The monoisotopic (exact) mass is 211 g/mol. The van der Waals surface area contributed by atoms with Crippen molar-refractivity contribution in [2.45, 2.75) is 25.8 Å². The highest BCUT2D eigenvalue weighted by Gasteiger charge is 2.23. The van der Waals surface area contributed by atoms with Crippen molar-refractivity contribution in [1.29, 1.82) is 0 Å². The van der Waals surface area contributed by atoms with Crippen LogP contribution in [-0.2, 0) is 0 Å². The molecule has 0 saturated heterocycles. The van der Waals surface area contributed by atoms with Gasteiger partial charge in [-0.05, 0) is 19.8 Å². The predicted octanol–water partition coefficient (Wildman–Crippen LogP) is 1.83. The number of rotatable bonds is 3. The molecular weight excluding hydrogens is 202 g/mol. The van der Waals surface area contributed by atoms with Crippen LogP contribution in [-0.4, -0.2) is 22.3 Å². The van der Waals surface area contributed by atoms with Crippen molar-refractivity contribution in [2.24, 2.45) is 0 Å². The van der Waals surface area contributed by atoms with Gasteiger partial charge in [-0.1, -0.05) is 11.6 Å². The molecule has 1 N–H and O–H groups in total. The lowest BCUT2D eigenvalue weighted by atomic mass is 10.3. The van der Waals surface area contributed by atoms with Gasteiger partial charge < -0.3 is 5.32 Å². The van der Waals surface area contributed by atoms with E-state index in [-0.39, 0.29) is 5.15 Å². The topological polar surface area (TPSA) is 54.9 Å². The average Bonchev–Trinajstić information content (AvgIpc) is 2.87. The summed E-state index contributed by atoms with van der Waals surface area (Å²) in [4.78, 5) is 18.8. The van der Waals surface area contributed by atoms with Crippen LogP contribution < -0.4 is 5.32 Å². The summed E-state index contributed by atoms with van der Waals surface area (Å²) in [5, 5.41) is 3.37. The van der Waals surface area contributed by atoms with Crippen molar-refractivity contribution in [3.8, 4) is 0 Å². The Morgan fingerprint density at radius 3 is 2.79 bits per heavy atom. The van der Waals surface area contributed by atoms with Gasteiger partial charge in [0.05, 0.1) is 5.56 Å². The molecule has 5 heteroatoms. The molecule has 1 aromatic heterocycles. The lowest BCUT2D eigenvalue weighted by Gasteiger charge is -2.07. The number of carbonyl (C=O) groups is 1. The van der Waals surface area contributed by atoms with E-state index in [4.69, 9.17) is 11.6 Å². The highest BCUT2D eigenvalue weighted by Crippen LogP contribution is 2.27. The second-order valence-corrected chi connectivity index (χ2v) is 3.72. The zero-order chi connectivity index (χ0) is 10.1. The summed E-state index contributed by atoms with van der Waals surface area (Å²) in [6.07, 6.45) is 2.93. The molecule has 14 heavy (non-hydrogen) atoms. The van der Waals surface area contributed by atoms with Crippen LogP contribution in [0.5, 0.6) is 0 Å². The molecule has 1 fully saturated rings. The Bertz CT molecular complexity index is 377. The summed E-state index contributed by atoms with van der Waals surface area (Å²) >= 11 is 5.82. The molecule has 0 radical (unpaired) electrons. The minimum atomic E-state index is 0.218. The summed E-state index contributed by atoms with van der Waals surface area (Å²) in [6.45, 7) is 1.75. The lowest BCUT2D eigenvalue weighted by Crippen LogP contribution is -2.08. The molecule has 1 heterocycles. The van der Waals surface area contributed by atoms with Crippen LogP contribution in [0.15, 0.2) is 0 Å². The number of carbonyl (C=O) groups excluding carboxylic acids is 1. The van der Waals surface area contributed by atoms with Crippen LogP contribution in [0.1, 0.15) is 29.0 Å². The summed E-state index contributed by atoms with van der Waals surface area (Å²) < 4.78 is 0. The second kappa shape index (κ2) is 3.53. The van der Waals surface area contributed by atoms with Crippen LogP contribution in [0.3, 0.4) is 0 Å². The van der Waals surface area contributed by atoms with Gasteiger partial charge in [0.1, 0.15) is 16.8 Å². The van der Waals surface area contributed by atoms with Crippen molar-refractivity contribution < 1.29 is 4.79 Å². The van der Waals surface area contributed by atoms with E-state index in [1.165, 1.54) is 0 Å². The molecule has 0 unspecified atom stereocenters. The van der Waals surface area contributed by atoms with E-state index >= 15 is 0 Å². The number of nitrogens with zero attached hydrogens (tertiary/aromatic N) is 2. The molecule has 0 spiro atoms. The molecule has 74 valence electrons. The number of aromatic nitrogens is 2. The highest BCUT2D eigenvalue weighted by atomic mass is 35.5. The third kappa shape index (κ3) is 1.85. The Kier molecular flexibility index (Phi) is 2.37. The maximum atomic E-state index is 10.8. The van der Waals surface area contributed by atoms with E-state index in [9.17, 15) is 4.79 Å². The quantitative estimate of drug-likeness (QED) is 0.612. The first-order valence-corrected chi connectivity index (χ1v) is 4.84. The lowest BCUT2D eigenvalue weighted by molar-refractivity contribution is 0.112. The minimum Gasteiger partial charge on any atom is -0.367 e. The van der Waals surface area contributed by atoms with Gasteiger partial charge in [0.2, 0.25) is 0 Å². The number of hydrogen-bond acceptors (Lipinski definition) is 4. The van der Waals surface area contributed by atoms with Gasteiger partial charge in [0.25, 0.3) is 0 Å². The van der Waals surface area contributed by atoms with Gasteiger partial charge in [0, 0.05) is 6.04 Å². The molecule has 1 aromatic rings. The van der Waals surface area contributed by atoms with Gasteiger partial charge in [-0.2, -0.15) is 0 Å². The SMILES string of the molecule is Cc1nc(Cl)c(C=O)c(NC2CC2)n1. The molecule has 0 aromatic carbocycles. The normalized spacial score (nSPS) is 15.3. The zero-order valence-electron chi connectivity index (χ0n) is 7.75. The summed E-state index contributed by atoms with van der Waals surface area (Å²) in [5.74, 6) is 1.13. The van der Waals surface area contributed by atoms with Gasteiger partial charge in [0.15, 0.2) is 6.29 Å². The van der Waals surface area contributed by atoms with Crippen LogP contribution in [0.2, 0.25) is 5.15 Å². The second-order valence-electron chi connectivity index (χ2n) is 3.36. The first kappa shape index (κ1) is 9.40. The largest absolute Gasteiger partial charge is 0.367 e. The van der Waals surface area contributed by atoms with Crippen LogP contribution in [0.4, 0.5) is 5.82 Å². The Balaban J connectivity index is 2.37. The van der Waals surface area contributed by atoms with E-state index in [0.717, 1.165) is 12.8 Å². The number of nitrogens with one attached hydrogen (secondary N) is 1. The molecule has 0 aliphatic heterocycles. The van der Waals surface area contributed by atoms with Gasteiger partial charge in [-0.25, -0.2) is 9.97 Å². The van der Waals surface area contributed by atoms with Crippen molar-refractivity contribution in [1.82, 2.24) is 9.97 Å². The smallest absolute Gasteiger partial charge is 0.156 e. The Labute approximate surface area is 86.7 Å². The van der Waals surface area contributed by atoms with Crippen LogP contribution in [0, 0.1) is 6.92 Å². The standard InChI is InChI=1S/C9H10ClN3O/c1-5-11-8(10)7(4-14)9(12-5)13-6-2-3-6/h4,6H,2-3H2,1H3,(H,11,12,13). The van der Waals surface area contributed by atoms with E-state index in [2.05, 4.69) is 15.3 Å². The number of anilines is 1. The van der Waals surface area contributed by atoms with E-state index < -0.39 is 0 Å². The summed E-state index contributed by atoms with van der Waals surface area (Å²) in [6, 6.07) is 0.444. The molecule has 1 aliphatic rings. The third-order valence-electron chi connectivity index (χ3n) is 2.05. The number of aryl methyl sites for hydroxylation is 1. The van der Waals surface area contributed by atoms with Crippen LogP contribution in [0.25, 0.3) is 0 Å². The number of hydrogen-bond donors (Lipinski definition) is 1. The molecule has 0 amide bonds. The molecule has 0 atom stereocenters. The fourth-order valence-corrected chi connectivity index (χ4v) is 1.44. The molecule has 4 nitrogen and oxygen atoms in total. The third-order valence-corrected chi connectivity index (χ3v) is 2.34. The predicted molar refractivity (Wildman–Crippen MR) is 53.8 cm³/mol. The van der Waals surface area contributed by atoms with E-state index in [0.29, 0.717) is 29.5 Å². The fraction of sp³-hybridized carbons (Fsp3) is 0.444. The molecule has 1 saturated carbocycles. The van der Waals surface area contributed by atoms with Crippen molar-refractivity contribution in [2.75, 3.05) is 5.32 Å². The Morgan fingerprint density at radius 1 is 1.50 bits per heavy atom. The maximum absolute atomic E-state index is 10.8. The first-order chi connectivity index (χ1) is 6.70. The maximum Gasteiger partial charge on any atom is 0.156 e. The Hall–Kier alpha value is -1.16. The van der Waals surface area contributed by atoms with Crippen molar-refractivity contribution in [3.05, 3.63) is 16.5 Å². The molecular formula is C9H10ClN3O. The number of aldehydes is 1. The molecule has 2 rings (SSSR count). The van der Waals surface area contributed by atoms with Gasteiger partial charge >= 0.3 is 0 Å². The summed E-state index contributed by atoms with van der Waals surface area (Å²) in [5.41, 5.74) is 0.351. The molecule has 0 bridgehead atoms. The molecule has 1 aliphatic carbocycles. The number of halogens is 1.